The summed E-state index contributed by atoms with van der Waals surface area (Å²) in [4.78, 5) is 1.26. The van der Waals surface area contributed by atoms with Crippen molar-refractivity contribution in [3.8, 4) is 0 Å². The third kappa shape index (κ3) is 4.34. The van der Waals surface area contributed by atoms with Crippen LogP contribution in [0.3, 0.4) is 0 Å². The maximum atomic E-state index is 13.9. The van der Waals surface area contributed by atoms with Gasteiger partial charge in [0.05, 0.1) is 0 Å². The second-order valence-corrected chi connectivity index (χ2v) is 8.43. The molecule has 2 aromatic rings. The molecule has 1 heterocycles. The van der Waals surface area contributed by atoms with Crippen molar-refractivity contribution in [1.82, 2.24) is 9.62 Å². The van der Waals surface area contributed by atoms with E-state index < -0.39 is 32.4 Å². The zero-order valence-electron chi connectivity index (χ0n) is 14.9. The Morgan fingerprint density at radius 2 is 1.63 bits per heavy atom. The number of likely N-dealkylation sites (tertiary alicyclic amines) is 1. The first kappa shape index (κ1) is 19.9. The molecule has 1 saturated heterocycles. The first-order chi connectivity index (χ1) is 12.8. The van der Waals surface area contributed by atoms with Gasteiger partial charge in [-0.3, -0.25) is 4.90 Å². The van der Waals surface area contributed by atoms with Gasteiger partial charge in [0.1, 0.15) is 4.90 Å². The molecule has 146 valence electrons. The molecule has 1 aliphatic heterocycles. The lowest BCUT2D eigenvalue weighted by Gasteiger charge is -2.28. The van der Waals surface area contributed by atoms with Crippen molar-refractivity contribution in [1.29, 1.82) is 0 Å². The molecule has 27 heavy (non-hydrogen) atoms. The highest BCUT2D eigenvalue weighted by atomic mass is 32.2. The van der Waals surface area contributed by atoms with Gasteiger partial charge in [-0.2, -0.15) is 0 Å². The number of hydrogen-bond acceptors (Lipinski definition) is 3. The van der Waals surface area contributed by atoms with Crippen LogP contribution in [-0.4, -0.2) is 33.0 Å². The van der Waals surface area contributed by atoms with Crippen LogP contribution >= 0.6 is 0 Å². The zero-order chi connectivity index (χ0) is 19.6. The molecule has 3 rings (SSSR count). The molecule has 0 unspecified atom stereocenters. The SMILES string of the molecule is Cc1ccc([C@H](CNS(=O)(=O)c2ccc(F)c(F)c2F)N2CCCC2)cc1. The number of nitrogens with one attached hydrogen (secondary N) is 1. The van der Waals surface area contributed by atoms with E-state index in [0.717, 1.165) is 43.1 Å². The molecule has 4 nitrogen and oxygen atoms in total. The minimum absolute atomic E-state index is 0.00380. The van der Waals surface area contributed by atoms with E-state index in [-0.39, 0.29) is 12.6 Å². The number of aryl methyl sites for hydroxylation is 1. The zero-order valence-corrected chi connectivity index (χ0v) is 15.7. The standard InChI is InChI=1S/C19H21F3N2O2S/c1-13-4-6-14(7-5-13)16(24-10-2-3-11-24)12-23-27(25,26)17-9-8-15(20)18(21)19(17)22/h4-9,16,23H,2-3,10-12H2,1H3/t16-/m0/s1. The summed E-state index contributed by atoms with van der Waals surface area (Å²) in [6.45, 7) is 3.63. The van der Waals surface area contributed by atoms with E-state index in [9.17, 15) is 21.6 Å². The van der Waals surface area contributed by atoms with Crippen molar-refractivity contribution in [2.24, 2.45) is 0 Å². The molecular formula is C19H21F3N2O2S. The summed E-state index contributed by atoms with van der Waals surface area (Å²) in [5.74, 6) is -4.94. The van der Waals surface area contributed by atoms with E-state index in [0.29, 0.717) is 6.07 Å². The third-order valence-electron chi connectivity index (χ3n) is 4.80. The molecule has 1 atom stereocenters. The summed E-state index contributed by atoms with van der Waals surface area (Å²) >= 11 is 0. The predicted molar refractivity (Wildman–Crippen MR) is 96.2 cm³/mol. The van der Waals surface area contributed by atoms with Gasteiger partial charge in [-0.25, -0.2) is 26.3 Å². The van der Waals surface area contributed by atoms with Crippen molar-refractivity contribution < 1.29 is 21.6 Å². The molecule has 0 spiro atoms. The van der Waals surface area contributed by atoms with Crippen LogP contribution < -0.4 is 4.72 Å². The van der Waals surface area contributed by atoms with Crippen LogP contribution in [0.4, 0.5) is 13.2 Å². The second-order valence-electron chi connectivity index (χ2n) is 6.69. The molecule has 1 fully saturated rings. The minimum Gasteiger partial charge on any atom is -0.295 e. The van der Waals surface area contributed by atoms with Crippen molar-refractivity contribution in [3.05, 3.63) is 65.0 Å². The van der Waals surface area contributed by atoms with E-state index in [1.165, 1.54) is 0 Å². The average molecular weight is 398 g/mol. The van der Waals surface area contributed by atoms with Gasteiger partial charge in [0, 0.05) is 12.6 Å². The van der Waals surface area contributed by atoms with Gasteiger partial charge >= 0.3 is 0 Å². The van der Waals surface area contributed by atoms with E-state index >= 15 is 0 Å². The third-order valence-corrected chi connectivity index (χ3v) is 6.24. The van der Waals surface area contributed by atoms with Crippen LogP contribution in [0.15, 0.2) is 41.3 Å². The molecule has 0 radical (unpaired) electrons. The Bertz CT molecular complexity index is 911. The van der Waals surface area contributed by atoms with Gasteiger partial charge in [0.15, 0.2) is 17.5 Å². The van der Waals surface area contributed by atoms with Gasteiger partial charge in [-0.1, -0.05) is 29.8 Å². The predicted octanol–water partition coefficient (Wildman–Crippen LogP) is 3.53. The Hall–Kier alpha value is -1.90. The summed E-state index contributed by atoms with van der Waals surface area (Å²) in [6, 6.07) is 8.87. The summed E-state index contributed by atoms with van der Waals surface area (Å²) < 4.78 is 67.7. The molecule has 8 heteroatoms. The maximum absolute atomic E-state index is 13.9. The van der Waals surface area contributed by atoms with E-state index in [1.807, 2.05) is 31.2 Å². The Labute approximate surface area is 157 Å². The van der Waals surface area contributed by atoms with Gasteiger partial charge in [0.25, 0.3) is 0 Å². The van der Waals surface area contributed by atoms with Gasteiger partial charge in [0.2, 0.25) is 10.0 Å². The summed E-state index contributed by atoms with van der Waals surface area (Å²) in [5.41, 5.74) is 2.03. The van der Waals surface area contributed by atoms with Crippen LogP contribution in [0.5, 0.6) is 0 Å². The highest BCUT2D eigenvalue weighted by Gasteiger charge is 2.28. The normalized spacial score (nSPS) is 16.6. The van der Waals surface area contributed by atoms with Crippen molar-refractivity contribution in [2.45, 2.75) is 30.7 Å². The van der Waals surface area contributed by atoms with Crippen LogP contribution in [0, 0.1) is 24.4 Å². The number of hydrogen-bond donors (Lipinski definition) is 1. The van der Waals surface area contributed by atoms with Crippen LogP contribution in [0.2, 0.25) is 0 Å². The highest BCUT2D eigenvalue weighted by Crippen LogP contribution is 2.26. The molecule has 0 bridgehead atoms. The quantitative estimate of drug-likeness (QED) is 0.758. The molecule has 2 aromatic carbocycles. The molecular weight excluding hydrogens is 377 g/mol. The summed E-state index contributed by atoms with van der Waals surface area (Å²) in [6.07, 6.45) is 2.04. The molecule has 0 saturated carbocycles. The molecule has 1 aliphatic rings. The Morgan fingerprint density at radius 3 is 2.26 bits per heavy atom. The van der Waals surface area contributed by atoms with E-state index in [1.54, 1.807) is 0 Å². The Morgan fingerprint density at radius 1 is 1.00 bits per heavy atom. The van der Waals surface area contributed by atoms with Gasteiger partial charge in [-0.05, 0) is 50.6 Å². The minimum atomic E-state index is -4.33. The van der Waals surface area contributed by atoms with Crippen LogP contribution in [0.1, 0.15) is 30.0 Å². The van der Waals surface area contributed by atoms with Gasteiger partial charge < -0.3 is 0 Å². The summed E-state index contributed by atoms with van der Waals surface area (Å²) in [5, 5.41) is 0. The molecule has 1 N–H and O–H groups in total. The number of sulfonamides is 1. The Kier molecular flexibility index (Phi) is 5.88. The van der Waals surface area contributed by atoms with Crippen LogP contribution in [-0.2, 0) is 10.0 Å². The topological polar surface area (TPSA) is 49.4 Å². The second kappa shape index (κ2) is 8.00. The first-order valence-corrected chi connectivity index (χ1v) is 10.2. The van der Waals surface area contributed by atoms with Crippen molar-refractivity contribution in [2.75, 3.05) is 19.6 Å². The van der Waals surface area contributed by atoms with Crippen molar-refractivity contribution in [3.63, 3.8) is 0 Å². The fourth-order valence-electron chi connectivity index (χ4n) is 3.28. The largest absolute Gasteiger partial charge is 0.295 e. The number of nitrogens with zero attached hydrogens (tertiary/aromatic N) is 1. The van der Waals surface area contributed by atoms with Gasteiger partial charge in [-0.15, -0.1) is 0 Å². The first-order valence-electron chi connectivity index (χ1n) is 8.73. The van der Waals surface area contributed by atoms with Crippen LogP contribution in [0.25, 0.3) is 0 Å². The molecule has 0 aromatic heterocycles. The lowest BCUT2D eigenvalue weighted by molar-refractivity contribution is 0.246. The fraction of sp³-hybridized carbons (Fsp3) is 0.368. The monoisotopic (exact) mass is 398 g/mol. The van der Waals surface area contributed by atoms with E-state index in [2.05, 4.69) is 9.62 Å². The number of halogens is 3. The number of rotatable bonds is 6. The highest BCUT2D eigenvalue weighted by molar-refractivity contribution is 7.89. The van der Waals surface area contributed by atoms with Crippen molar-refractivity contribution >= 4 is 10.0 Å². The average Bonchev–Trinajstić information content (AvgIpc) is 3.15. The Balaban J connectivity index is 1.84. The molecule has 0 amide bonds. The fourth-order valence-corrected chi connectivity index (χ4v) is 4.39. The summed E-state index contributed by atoms with van der Waals surface area (Å²) in [7, 11) is -4.33. The smallest absolute Gasteiger partial charge is 0.243 e. The lowest BCUT2D eigenvalue weighted by atomic mass is 10.0. The molecule has 0 aliphatic carbocycles. The number of benzene rings is 2. The lowest BCUT2D eigenvalue weighted by Crippen LogP contribution is -2.37. The van der Waals surface area contributed by atoms with E-state index in [4.69, 9.17) is 0 Å². The maximum Gasteiger partial charge on any atom is 0.243 e.